The van der Waals surface area contributed by atoms with Gasteiger partial charge in [-0.05, 0) is 0 Å². The van der Waals surface area contributed by atoms with Crippen LogP contribution < -0.4 is 0 Å². The molecule has 1 aromatic rings. The molecule has 0 radical (unpaired) electrons. The van der Waals surface area contributed by atoms with Crippen LogP contribution in [0.1, 0.15) is 5.82 Å². The Bertz CT molecular complexity index is 416. The molecule has 0 saturated carbocycles. The molecule has 6 heteroatoms. The Labute approximate surface area is 107 Å². The number of amides is 2. The summed E-state index contributed by atoms with van der Waals surface area (Å²) >= 11 is 0. The van der Waals surface area contributed by atoms with E-state index in [9.17, 15) is 4.79 Å². The van der Waals surface area contributed by atoms with Gasteiger partial charge in [-0.25, -0.2) is 9.78 Å². The lowest BCUT2D eigenvalue weighted by molar-refractivity contribution is 0.115. The average molecular weight is 252 g/mol. The molecule has 1 aliphatic rings. The molecular formula is C12H20N4O2. The Balaban J connectivity index is 2.19. The van der Waals surface area contributed by atoms with Crippen LogP contribution in [0.25, 0.3) is 0 Å². The van der Waals surface area contributed by atoms with Crippen LogP contribution in [0, 0.1) is 5.92 Å². The zero-order valence-electron chi connectivity index (χ0n) is 11.2. The molecule has 2 heterocycles. The maximum absolute atomic E-state index is 12.1. The van der Waals surface area contributed by atoms with Gasteiger partial charge in [0.2, 0.25) is 0 Å². The van der Waals surface area contributed by atoms with Gasteiger partial charge < -0.3 is 19.1 Å². The van der Waals surface area contributed by atoms with Crippen molar-refractivity contribution < 1.29 is 9.53 Å². The number of carbonyl (C=O) groups is 1. The van der Waals surface area contributed by atoms with Crippen molar-refractivity contribution >= 4 is 6.03 Å². The number of hydrogen-bond donors (Lipinski definition) is 0. The van der Waals surface area contributed by atoms with Gasteiger partial charge in [0.25, 0.3) is 0 Å². The van der Waals surface area contributed by atoms with Gasteiger partial charge in [0, 0.05) is 52.6 Å². The van der Waals surface area contributed by atoms with Gasteiger partial charge in [0.15, 0.2) is 0 Å². The second-order valence-corrected chi connectivity index (χ2v) is 4.87. The van der Waals surface area contributed by atoms with Crippen molar-refractivity contribution in [3.63, 3.8) is 0 Å². The number of hydrogen-bond acceptors (Lipinski definition) is 3. The number of carbonyl (C=O) groups excluding carboxylic acids is 1. The van der Waals surface area contributed by atoms with Crippen LogP contribution in [-0.4, -0.2) is 59.7 Å². The fourth-order valence-corrected chi connectivity index (χ4v) is 2.31. The van der Waals surface area contributed by atoms with Gasteiger partial charge in [0.05, 0.1) is 13.2 Å². The number of imidazole rings is 1. The maximum Gasteiger partial charge on any atom is 0.319 e. The van der Waals surface area contributed by atoms with Crippen LogP contribution in [0.3, 0.4) is 0 Å². The van der Waals surface area contributed by atoms with Gasteiger partial charge >= 0.3 is 6.03 Å². The highest BCUT2D eigenvalue weighted by molar-refractivity contribution is 5.73. The first-order chi connectivity index (χ1) is 8.61. The lowest BCUT2D eigenvalue weighted by Crippen LogP contribution is -2.41. The minimum Gasteiger partial charge on any atom is -0.384 e. The van der Waals surface area contributed by atoms with Crippen molar-refractivity contribution in [2.45, 2.75) is 13.1 Å². The van der Waals surface area contributed by atoms with Crippen LogP contribution >= 0.6 is 0 Å². The van der Waals surface area contributed by atoms with Crippen LogP contribution in [0.4, 0.5) is 4.79 Å². The monoisotopic (exact) mass is 252 g/mol. The maximum atomic E-state index is 12.1. The van der Waals surface area contributed by atoms with Crippen molar-refractivity contribution in [2.75, 3.05) is 34.4 Å². The molecule has 1 aromatic heterocycles. The van der Waals surface area contributed by atoms with Crippen LogP contribution in [0.2, 0.25) is 0 Å². The molecule has 100 valence electrons. The Morgan fingerprint density at radius 3 is 3.00 bits per heavy atom. The van der Waals surface area contributed by atoms with E-state index in [4.69, 9.17) is 4.74 Å². The van der Waals surface area contributed by atoms with Crippen molar-refractivity contribution in [1.82, 2.24) is 19.4 Å². The molecule has 2 rings (SSSR count). The minimum absolute atomic E-state index is 0.0209. The third-order valence-corrected chi connectivity index (χ3v) is 3.12. The van der Waals surface area contributed by atoms with E-state index < -0.39 is 0 Å². The SMILES string of the molecule is COC[C@H]1CN(C(=O)N(C)C)Cc2nccn2C1. The molecular weight excluding hydrogens is 232 g/mol. The molecule has 0 bridgehead atoms. The molecule has 2 amide bonds. The molecule has 18 heavy (non-hydrogen) atoms. The Morgan fingerprint density at radius 2 is 2.33 bits per heavy atom. The predicted molar refractivity (Wildman–Crippen MR) is 67.1 cm³/mol. The number of fused-ring (bicyclic) bond motifs is 1. The van der Waals surface area contributed by atoms with E-state index in [2.05, 4.69) is 9.55 Å². The third kappa shape index (κ3) is 2.64. The summed E-state index contributed by atoms with van der Waals surface area (Å²) in [6.45, 7) is 2.76. The molecule has 0 spiro atoms. The molecule has 0 fully saturated rings. The van der Waals surface area contributed by atoms with Gasteiger partial charge in [-0.2, -0.15) is 0 Å². The van der Waals surface area contributed by atoms with E-state index in [-0.39, 0.29) is 6.03 Å². The van der Waals surface area contributed by atoms with E-state index >= 15 is 0 Å². The van der Waals surface area contributed by atoms with Gasteiger partial charge in [-0.15, -0.1) is 0 Å². The smallest absolute Gasteiger partial charge is 0.319 e. The van der Waals surface area contributed by atoms with Gasteiger partial charge in [-0.1, -0.05) is 0 Å². The summed E-state index contributed by atoms with van der Waals surface area (Å²) in [6, 6.07) is 0.0209. The standard InChI is InChI=1S/C12H20N4O2/c1-14(2)12(17)16-7-10(9-18-3)6-15-5-4-13-11(15)8-16/h4-5,10H,6-9H2,1-3H3/t10-/m1/s1. The van der Waals surface area contributed by atoms with Crippen molar-refractivity contribution in [2.24, 2.45) is 5.92 Å². The number of rotatable bonds is 2. The van der Waals surface area contributed by atoms with E-state index in [0.717, 1.165) is 12.4 Å². The summed E-state index contributed by atoms with van der Waals surface area (Å²) in [7, 11) is 5.23. The van der Waals surface area contributed by atoms with Crippen molar-refractivity contribution in [1.29, 1.82) is 0 Å². The molecule has 0 aliphatic carbocycles. The average Bonchev–Trinajstić information content (AvgIpc) is 2.68. The molecule has 1 aliphatic heterocycles. The highest BCUT2D eigenvalue weighted by Crippen LogP contribution is 2.16. The Kier molecular flexibility index (Phi) is 3.86. The molecule has 0 unspecified atom stereocenters. The molecule has 0 aromatic carbocycles. The number of urea groups is 1. The first kappa shape index (κ1) is 12.9. The lowest BCUT2D eigenvalue weighted by Gasteiger charge is -2.26. The topological polar surface area (TPSA) is 50.6 Å². The second-order valence-electron chi connectivity index (χ2n) is 4.87. The number of nitrogens with zero attached hydrogens (tertiary/aromatic N) is 4. The first-order valence-electron chi connectivity index (χ1n) is 6.07. The van der Waals surface area contributed by atoms with Crippen LogP contribution in [-0.2, 0) is 17.8 Å². The van der Waals surface area contributed by atoms with Gasteiger partial charge in [0.1, 0.15) is 5.82 Å². The third-order valence-electron chi connectivity index (χ3n) is 3.12. The zero-order valence-corrected chi connectivity index (χ0v) is 11.2. The van der Waals surface area contributed by atoms with Crippen LogP contribution in [0.5, 0.6) is 0 Å². The molecule has 0 N–H and O–H groups in total. The Morgan fingerprint density at radius 1 is 1.56 bits per heavy atom. The normalized spacial score (nSPS) is 19.3. The van der Waals surface area contributed by atoms with Crippen LogP contribution in [0.15, 0.2) is 12.4 Å². The highest BCUT2D eigenvalue weighted by atomic mass is 16.5. The number of methoxy groups -OCH3 is 1. The number of aromatic nitrogens is 2. The predicted octanol–water partition coefficient (Wildman–Crippen LogP) is 0.643. The minimum atomic E-state index is 0.0209. The van der Waals surface area contributed by atoms with E-state index in [1.54, 1.807) is 32.3 Å². The van der Waals surface area contributed by atoms with Crippen molar-refractivity contribution in [3.8, 4) is 0 Å². The van der Waals surface area contributed by atoms with E-state index in [0.29, 0.717) is 25.6 Å². The molecule has 1 atom stereocenters. The second kappa shape index (κ2) is 5.39. The zero-order chi connectivity index (χ0) is 13.1. The molecule has 6 nitrogen and oxygen atoms in total. The Hall–Kier alpha value is -1.56. The lowest BCUT2D eigenvalue weighted by atomic mass is 10.1. The van der Waals surface area contributed by atoms with Crippen molar-refractivity contribution in [3.05, 3.63) is 18.2 Å². The quantitative estimate of drug-likeness (QED) is 0.776. The highest BCUT2D eigenvalue weighted by Gasteiger charge is 2.26. The summed E-state index contributed by atoms with van der Waals surface area (Å²) in [4.78, 5) is 19.8. The summed E-state index contributed by atoms with van der Waals surface area (Å²) in [5.41, 5.74) is 0. The fourth-order valence-electron chi connectivity index (χ4n) is 2.31. The fraction of sp³-hybridized carbons (Fsp3) is 0.667. The summed E-state index contributed by atoms with van der Waals surface area (Å²) in [5.74, 6) is 1.23. The first-order valence-corrected chi connectivity index (χ1v) is 6.07. The largest absolute Gasteiger partial charge is 0.384 e. The summed E-state index contributed by atoms with van der Waals surface area (Å²) < 4.78 is 7.34. The van der Waals surface area contributed by atoms with E-state index in [1.165, 1.54) is 0 Å². The van der Waals surface area contributed by atoms with Gasteiger partial charge in [-0.3, -0.25) is 0 Å². The van der Waals surface area contributed by atoms with E-state index in [1.807, 2.05) is 11.1 Å². The summed E-state index contributed by atoms with van der Waals surface area (Å²) in [6.07, 6.45) is 3.74. The molecule has 0 saturated heterocycles. The summed E-state index contributed by atoms with van der Waals surface area (Å²) in [5, 5.41) is 0. The number of ether oxygens (including phenoxy) is 1.